The Labute approximate surface area is 74.1 Å². The van der Waals surface area contributed by atoms with Crippen LogP contribution in [-0.2, 0) is 13.8 Å². The van der Waals surface area contributed by atoms with Crippen LogP contribution in [0.4, 0.5) is 0 Å². The topological polar surface area (TPSA) is 116 Å². The van der Waals surface area contributed by atoms with Gasteiger partial charge in [-0.2, -0.15) is 0 Å². The predicted octanol–water partition coefficient (Wildman–Crippen LogP) is -1.78. The zero-order chi connectivity index (χ0) is 10.1. The molecule has 78 valence electrons. The maximum absolute atomic E-state index is 10.2. The van der Waals surface area contributed by atoms with Crippen molar-refractivity contribution in [3.8, 4) is 0 Å². The van der Waals surface area contributed by atoms with Crippen LogP contribution in [0.3, 0.4) is 0 Å². The van der Waals surface area contributed by atoms with Crippen molar-refractivity contribution in [2.45, 2.75) is 18.3 Å². The van der Waals surface area contributed by atoms with E-state index in [1.165, 1.54) is 0 Å². The highest BCUT2D eigenvalue weighted by Gasteiger charge is 2.35. The third kappa shape index (κ3) is 3.32. The monoisotopic (exact) mass is 214 g/mol. The summed E-state index contributed by atoms with van der Waals surface area (Å²) < 4.78 is 19.2. The van der Waals surface area contributed by atoms with Crippen LogP contribution in [0.5, 0.6) is 0 Å². The molecule has 1 aliphatic rings. The normalized spacial score (nSPS) is 35.2. The van der Waals surface area contributed by atoms with E-state index in [2.05, 4.69) is 4.52 Å². The first-order chi connectivity index (χ1) is 5.90. The fraction of sp³-hybridized carbons (Fsp3) is 1.00. The highest BCUT2D eigenvalue weighted by atomic mass is 31.2. The molecule has 0 radical (unpaired) electrons. The van der Waals surface area contributed by atoms with E-state index >= 15 is 0 Å². The van der Waals surface area contributed by atoms with Crippen molar-refractivity contribution >= 4 is 7.82 Å². The minimum atomic E-state index is -4.54. The molecule has 1 fully saturated rings. The van der Waals surface area contributed by atoms with Crippen molar-refractivity contribution in [3.05, 3.63) is 0 Å². The summed E-state index contributed by atoms with van der Waals surface area (Å²) in [5, 5.41) is 18.1. The van der Waals surface area contributed by atoms with Gasteiger partial charge in [0, 0.05) is 0 Å². The van der Waals surface area contributed by atoms with E-state index in [0.717, 1.165) is 0 Å². The van der Waals surface area contributed by atoms with Crippen molar-refractivity contribution in [3.63, 3.8) is 0 Å². The van der Waals surface area contributed by atoms with E-state index in [-0.39, 0.29) is 6.61 Å². The van der Waals surface area contributed by atoms with Crippen LogP contribution in [0.2, 0.25) is 0 Å². The maximum Gasteiger partial charge on any atom is 0.469 e. The molecule has 0 aromatic heterocycles. The van der Waals surface area contributed by atoms with E-state index in [4.69, 9.17) is 24.7 Å². The van der Waals surface area contributed by atoms with Gasteiger partial charge in [-0.3, -0.25) is 4.52 Å². The third-order valence-electron chi connectivity index (χ3n) is 1.66. The second-order valence-corrected chi connectivity index (χ2v) is 3.96. The molecule has 0 aromatic carbocycles. The first-order valence-corrected chi connectivity index (χ1v) is 5.11. The van der Waals surface area contributed by atoms with E-state index in [9.17, 15) is 4.57 Å². The van der Waals surface area contributed by atoms with Gasteiger partial charge in [0.2, 0.25) is 0 Å². The summed E-state index contributed by atoms with van der Waals surface area (Å²) in [5.41, 5.74) is 0. The Morgan fingerprint density at radius 2 is 2.08 bits per heavy atom. The molecule has 0 saturated carbocycles. The zero-order valence-electron chi connectivity index (χ0n) is 6.61. The molecule has 1 heterocycles. The first kappa shape index (κ1) is 11.1. The molecule has 0 amide bonds. The second-order valence-electron chi connectivity index (χ2n) is 2.72. The van der Waals surface area contributed by atoms with Crippen LogP contribution in [0.25, 0.3) is 0 Å². The average Bonchev–Trinajstić information content (AvgIpc) is 2.29. The van der Waals surface area contributed by atoms with E-state index in [1.807, 2.05) is 0 Å². The van der Waals surface area contributed by atoms with Crippen molar-refractivity contribution in [2.75, 3.05) is 13.2 Å². The Balaban J connectivity index is 2.35. The van der Waals surface area contributed by atoms with Gasteiger partial charge in [-0.05, 0) is 0 Å². The summed E-state index contributed by atoms with van der Waals surface area (Å²) in [5.74, 6) is 0. The Morgan fingerprint density at radius 1 is 1.46 bits per heavy atom. The van der Waals surface area contributed by atoms with Gasteiger partial charge in [-0.15, -0.1) is 0 Å². The first-order valence-electron chi connectivity index (χ1n) is 3.58. The van der Waals surface area contributed by atoms with Crippen LogP contribution >= 0.6 is 7.82 Å². The van der Waals surface area contributed by atoms with Crippen LogP contribution in [0.15, 0.2) is 0 Å². The molecule has 1 saturated heterocycles. The van der Waals surface area contributed by atoms with Gasteiger partial charge in [0.15, 0.2) is 0 Å². The van der Waals surface area contributed by atoms with Crippen molar-refractivity contribution in [1.29, 1.82) is 0 Å². The lowest BCUT2D eigenvalue weighted by molar-refractivity contribution is -0.00596. The number of hydrogen-bond acceptors (Lipinski definition) is 5. The minimum Gasteiger partial charge on any atom is -0.388 e. The van der Waals surface area contributed by atoms with E-state index in [1.54, 1.807) is 0 Å². The van der Waals surface area contributed by atoms with Crippen molar-refractivity contribution < 1.29 is 33.8 Å². The Kier molecular flexibility index (Phi) is 3.42. The highest BCUT2D eigenvalue weighted by Crippen LogP contribution is 2.36. The summed E-state index contributed by atoms with van der Waals surface area (Å²) in [7, 11) is -4.54. The Bertz CT molecular complexity index is 213. The molecule has 1 rings (SSSR count). The Morgan fingerprint density at radius 3 is 2.46 bits per heavy atom. The SMILES string of the molecule is O=P(O)(O)OC[C@H]1OC[C@@H](O)[C@H]1O. The fourth-order valence-corrected chi connectivity index (χ4v) is 1.33. The summed E-state index contributed by atoms with van der Waals surface area (Å²) in [4.78, 5) is 16.6. The number of aliphatic hydroxyl groups excluding tert-OH is 2. The molecule has 0 aromatic rings. The van der Waals surface area contributed by atoms with Crippen LogP contribution < -0.4 is 0 Å². The smallest absolute Gasteiger partial charge is 0.388 e. The number of rotatable bonds is 3. The molecule has 3 atom stereocenters. The summed E-state index contributed by atoms with van der Waals surface area (Å²) >= 11 is 0. The quantitative estimate of drug-likeness (QED) is 0.410. The molecule has 13 heavy (non-hydrogen) atoms. The largest absolute Gasteiger partial charge is 0.469 e. The van der Waals surface area contributed by atoms with Gasteiger partial charge in [0.1, 0.15) is 18.3 Å². The lowest BCUT2D eigenvalue weighted by atomic mass is 10.2. The van der Waals surface area contributed by atoms with E-state index in [0.29, 0.717) is 0 Å². The average molecular weight is 214 g/mol. The highest BCUT2D eigenvalue weighted by molar-refractivity contribution is 7.46. The lowest BCUT2D eigenvalue weighted by Crippen LogP contribution is -2.32. The second kappa shape index (κ2) is 4.02. The molecular formula is C5H11O7P. The van der Waals surface area contributed by atoms with Crippen LogP contribution in [0, 0.1) is 0 Å². The molecule has 7 nitrogen and oxygen atoms in total. The standard InChI is InChI=1S/C5H11O7P/c6-3-1-11-4(5(3)7)2-12-13(8,9)10/h3-7H,1-2H2,(H2,8,9,10)/t3-,4-,5-/m1/s1. The molecule has 1 aliphatic heterocycles. The van der Waals surface area contributed by atoms with Gasteiger partial charge >= 0.3 is 7.82 Å². The molecule has 8 heteroatoms. The molecular weight excluding hydrogens is 203 g/mol. The van der Waals surface area contributed by atoms with Crippen LogP contribution in [0.1, 0.15) is 0 Å². The number of aliphatic hydroxyl groups is 2. The van der Waals surface area contributed by atoms with E-state index < -0.39 is 32.7 Å². The minimum absolute atomic E-state index is 0.0592. The molecule has 0 bridgehead atoms. The van der Waals surface area contributed by atoms with Gasteiger partial charge < -0.3 is 24.7 Å². The Hall–Kier alpha value is -0.0100. The molecule has 4 N–H and O–H groups in total. The lowest BCUT2D eigenvalue weighted by Gasteiger charge is -2.14. The number of ether oxygens (including phenoxy) is 1. The van der Waals surface area contributed by atoms with Crippen molar-refractivity contribution in [2.24, 2.45) is 0 Å². The maximum atomic E-state index is 10.2. The zero-order valence-corrected chi connectivity index (χ0v) is 7.50. The van der Waals surface area contributed by atoms with Gasteiger partial charge in [-0.25, -0.2) is 4.57 Å². The third-order valence-corrected chi connectivity index (χ3v) is 2.15. The fourth-order valence-electron chi connectivity index (χ4n) is 0.984. The number of hydrogen-bond donors (Lipinski definition) is 4. The molecule has 0 spiro atoms. The number of phosphoric ester groups is 1. The number of phosphoric acid groups is 1. The summed E-state index contributed by atoms with van der Waals surface area (Å²) in [6, 6.07) is 0. The molecule has 0 aliphatic carbocycles. The van der Waals surface area contributed by atoms with Gasteiger partial charge in [0.05, 0.1) is 13.2 Å². The predicted molar refractivity (Wildman–Crippen MR) is 39.7 cm³/mol. The summed E-state index contributed by atoms with van der Waals surface area (Å²) in [6.07, 6.45) is -3.07. The van der Waals surface area contributed by atoms with Crippen molar-refractivity contribution in [1.82, 2.24) is 0 Å². The van der Waals surface area contributed by atoms with Crippen LogP contribution in [-0.4, -0.2) is 51.5 Å². The molecule has 0 unspecified atom stereocenters. The van der Waals surface area contributed by atoms with Gasteiger partial charge in [0.25, 0.3) is 0 Å². The van der Waals surface area contributed by atoms with Gasteiger partial charge in [-0.1, -0.05) is 0 Å². The summed E-state index contributed by atoms with van der Waals surface area (Å²) in [6.45, 7) is -0.501.